The van der Waals surface area contributed by atoms with Crippen LogP contribution in [0.1, 0.15) is 61.6 Å². The highest BCUT2D eigenvalue weighted by Gasteiger charge is 2.54. The number of rotatable bonds is 6. The third-order valence-corrected chi connectivity index (χ3v) is 9.40. The molecule has 202 valence electrons. The molecule has 6 rings (SSSR count). The number of nitrogens with one attached hydrogen (secondary N) is 1. The maximum absolute atomic E-state index is 14.5. The van der Waals surface area contributed by atoms with Gasteiger partial charge >= 0.3 is 0 Å². The van der Waals surface area contributed by atoms with Crippen LogP contribution in [-0.4, -0.2) is 63.6 Å². The number of hydrogen-bond acceptors (Lipinski definition) is 5. The van der Waals surface area contributed by atoms with Crippen molar-refractivity contribution in [2.45, 2.75) is 63.6 Å². The number of pyridine rings is 1. The van der Waals surface area contributed by atoms with Gasteiger partial charge in [0.15, 0.2) is 0 Å². The van der Waals surface area contributed by atoms with Crippen molar-refractivity contribution in [1.82, 2.24) is 19.7 Å². The maximum Gasteiger partial charge on any atom is 0.229 e. The van der Waals surface area contributed by atoms with E-state index in [0.717, 1.165) is 48.7 Å². The predicted molar refractivity (Wildman–Crippen MR) is 146 cm³/mol. The van der Waals surface area contributed by atoms with Crippen LogP contribution in [0.25, 0.3) is 10.8 Å². The number of nitrogens with zero attached hydrogens (tertiary/aromatic N) is 4. The summed E-state index contributed by atoms with van der Waals surface area (Å²) in [5.74, 6) is 1.58. The number of aromatic nitrogens is 3. The van der Waals surface area contributed by atoms with Gasteiger partial charge in [-0.3, -0.25) is 14.4 Å². The van der Waals surface area contributed by atoms with E-state index in [1.54, 1.807) is 4.68 Å². The average Bonchev–Trinajstić information content (AvgIpc) is 3.33. The van der Waals surface area contributed by atoms with E-state index < -0.39 is 11.7 Å². The second-order valence-corrected chi connectivity index (χ2v) is 11.8. The molecule has 5 atom stereocenters. The molecular formula is C30H38FN5O2. The SMILES string of the molecule is CC[C@@H]1[C@H](C(=O)Nc2cc3cc(C4CCN([C@]5(C)COC[C@@H]5F)CC4)c(C)cc3cn2)[C@H]1c1cnn(C)c1. The smallest absolute Gasteiger partial charge is 0.229 e. The zero-order valence-corrected chi connectivity index (χ0v) is 22.8. The lowest BCUT2D eigenvalue weighted by atomic mass is 9.83. The summed E-state index contributed by atoms with van der Waals surface area (Å²) in [6, 6.07) is 6.47. The predicted octanol–water partition coefficient (Wildman–Crippen LogP) is 4.96. The number of aryl methyl sites for hydroxylation is 2. The molecule has 7 nitrogen and oxygen atoms in total. The fraction of sp³-hybridized carbons (Fsp3) is 0.567. The van der Waals surface area contributed by atoms with Gasteiger partial charge in [0.1, 0.15) is 12.0 Å². The maximum atomic E-state index is 14.5. The molecule has 1 aliphatic carbocycles. The largest absolute Gasteiger partial charge is 0.376 e. The van der Waals surface area contributed by atoms with Crippen molar-refractivity contribution >= 4 is 22.5 Å². The second kappa shape index (κ2) is 9.72. The Morgan fingerprint density at radius 3 is 2.66 bits per heavy atom. The topological polar surface area (TPSA) is 72.3 Å². The zero-order chi connectivity index (χ0) is 26.6. The summed E-state index contributed by atoms with van der Waals surface area (Å²) < 4.78 is 21.8. The van der Waals surface area contributed by atoms with E-state index in [-0.39, 0.29) is 24.3 Å². The summed E-state index contributed by atoms with van der Waals surface area (Å²) in [6.45, 7) is 8.73. The van der Waals surface area contributed by atoms with Gasteiger partial charge in [-0.05, 0) is 85.8 Å². The van der Waals surface area contributed by atoms with Gasteiger partial charge in [-0.15, -0.1) is 0 Å². The highest BCUT2D eigenvalue weighted by molar-refractivity contribution is 5.97. The minimum absolute atomic E-state index is 0.0350. The van der Waals surface area contributed by atoms with Crippen LogP contribution in [0.4, 0.5) is 10.2 Å². The second-order valence-electron chi connectivity index (χ2n) is 11.8. The Balaban J connectivity index is 1.16. The van der Waals surface area contributed by atoms with E-state index in [2.05, 4.69) is 46.3 Å². The van der Waals surface area contributed by atoms with Gasteiger partial charge in [0.2, 0.25) is 5.91 Å². The molecule has 0 unspecified atom stereocenters. The van der Waals surface area contributed by atoms with Crippen molar-refractivity contribution in [3.63, 3.8) is 0 Å². The lowest BCUT2D eigenvalue weighted by Crippen LogP contribution is -2.55. The number of halogens is 1. The number of anilines is 1. The Hall–Kier alpha value is -2.84. The molecular weight excluding hydrogens is 481 g/mol. The number of benzene rings is 1. The molecule has 0 spiro atoms. The number of fused-ring (bicyclic) bond motifs is 1. The van der Waals surface area contributed by atoms with Gasteiger partial charge in [0, 0.05) is 36.7 Å². The molecule has 1 saturated carbocycles. The van der Waals surface area contributed by atoms with Gasteiger partial charge in [-0.25, -0.2) is 9.37 Å². The highest BCUT2D eigenvalue weighted by atomic mass is 19.1. The van der Waals surface area contributed by atoms with E-state index in [1.807, 2.05) is 38.6 Å². The molecule has 1 aromatic carbocycles. The van der Waals surface area contributed by atoms with Crippen molar-refractivity contribution in [3.05, 3.63) is 53.5 Å². The summed E-state index contributed by atoms with van der Waals surface area (Å²) in [4.78, 5) is 20.1. The summed E-state index contributed by atoms with van der Waals surface area (Å²) in [6.07, 6.45) is 7.78. The van der Waals surface area contributed by atoms with Gasteiger partial charge in [-0.1, -0.05) is 19.4 Å². The Bertz CT molecular complexity index is 1350. The molecule has 2 aromatic heterocycles. The molecule has 3 aliphatic rings. The Morgan fingerprint density at radius 1 is 1.21 bits per heavy atom. The summed E-state index contributed by atoms with van der Waals surface area (Å²) >= 11 is 0. The van der Waals surface area contributed by atoms with Crippen LogP contribution in [0.2, 0.25) is 0 Å². The number of carbonyl (C=O) groups excluding carboxylic acids is 1. The van der Waals surface area contributed by atoms with Crippen LogP contribution in [0.15, 0.2) is 36.8 Å². The molecule has 4 heterocycles. The molecule has 1 amide bonds. The first-order valence-corrected chi connectivity index (χ1v) is 13.9. The number of amides is 1. The number of carbonyl (C=O) groups is 1. The van der Waals surface area contributed by atoms with E-state index in [1.165, 1.54) is 11.1 Å². The Kier molecular flexibility index (Phi) is 6.51. The molecule has 3 fully saturated rings. The monoisotopic (exact) mass is 519 g/mol. The molecule has 3 aromatic rings. The van der Waals surface area contributed by atoms with E-state index in [0.29, 0.717) is 24.3 Å². The third kappa shape index (κ3) is 4.41. The Labute approximate surface area is 223 Å². The van der Waals surface area contributed by atoms with Gasteiger partial charge in [0.05, 0.1) is 24.9 Å². The molecule has 0 radical (unpaired) electrons. The van der Waals surface area contributed by atoms with E-state index in [9.17, 15) is 9.18 Å². The van der Waals surface area contributed by atoms with Crippen molar-refractivity contribution in [2.24, 2.45) is 18.9 Å². The lowest BCUT2D eigenvalue weighted by molar-refractivity contribution is -0.117. The quantitative estimate of drug-likeness (QED) is 0.498. The first kappa shape index (κ1) is 25.4. The molecule has 2 aliphatic heterocycles. The first-order chi connectivity index (χ1) is 18.3. The van der Waals surface area contributed by atoms with E-state index >= 15 is 0 Å². The van der Waals surface area contributed by atoms with Crippen LogP contribution >= 0.6 is 0 Å². The van der Waals surface area contributed by atoms with Crippen LogP contribution in [-0.2, 0) is 16.6 Å². The zero-order valence-electron chi connectivity index (χ0n) is 22.8. The highest BCUT2D eigenvalue weighted by Crippen LogP contribution is 2.56. The summed E-state index contributed by atoms with van der Waals surface area (Å²) in [7, 11) is 1.91. The van der Waals surface area contributed by atoms with Gasteiger partial charge in [0.25, 0.3) is 0 Å². The normalized spacial score (nSPS) is 30.1. The lowest BCUT2D eigenvalue weighted by Gasteiger charge is -2.43. The number of ether oxygens (including phenoxy) is 1. The molecule has 1 N–H and O–H groups in total. The van der Waals surface area contributed by atoms with Crippen LogP contribution < -0.4 is 5.32 Å². The van der Waals surface area contributed by atoms with Gasteiger partial charge < -0.3 is 10.1 Å². The minimum Gasteiger partial charge on any atom is -0.376 e. The fourth-order valence-corrected chi connectivity index (χ4v) is 6.98. The van der Waals surface area contributed by atoms with Crippen LogP contribution in [0, 0.1) is 18.8 Å². The summed E-state index contributed by atoms with van der Waals surface area (Å²) in [5.41, 5.74) is 3.23. The fourth-order valence-electron chi connectivity index (χ4n) is 6.98. The van der Waals surface area contributed by atoms with Crippen molar-refractivity contribution in [1.29, 1.82) is 0 Å². The molecule has 38 heavy (non-hydrogen) atoms. The van der Waals surface area contributed by atoms with Crippen molar-refractivity contribution in [2.75, 3.05) is 31.6 Å². The van der Waals surface area contributed by atoms with Crippen LogP contribution in [0.3, 0.4) is 0 Å². The molecule has 8 heteroatoms. The Morgan fingerprint density at radius 2 is 2.00 bits per heavy atom. The number of likely N-dealkylation sites (tertiary alicyclic amines) is 1. The third-order valence-electron chi connectivity index (χ3n) is 9.40. The first-order valence-electron chi connectivity index (χ1n) is 13.9. The van der Waals surface area contributed by atoms with E-state index in [4.69, 9.17) is 4.74 Å². The number of piperidine rings is 1. The van der Waals surface area contributed by atoms with Crippen molar-refractivity contribution < 1.29 is 13.9 Å². The summed E-state index contributed by atoms with van der Waals surface area (Å²) in [5, 5.41) is 9.55. The van der Waals surface area contributed by atoms with Gasteiger partial charge in [-0.2, -0.15) is 5.10 Å². The standard InChI is InChI=1S/C30H38FN5O2/c1-5-23-27(22-14-33-35(4)15-22)28(23)29(37)34-26-12-20-11-24(18(2)10-21(20)13-32-26)19-6-8-36(9-7-19)30(3)17-38-16-25(30)31/h10-15,19,23,25,27-28H,5-9,16-17H2,1-4H3,(H,32,34,37)/t23-,25-,27-,28-,30+/m0/s1. The molecule has 0 bridgehead atoms. The number of hydrogen-bond donors (Lipinski definition) is 1. The average molecular weight is 520 g/mol. The van der Waals surface area contributed by atoms with Crippen LogP contribution in [0.5, 0.6) is 0 Å². The number of alkyl halides is 1. The minimum atomic E-state index is -0.925. The van der Waals surface area contributed by atoms with Crippen molar-refractivity contribution in [3.8, 4) is 0 Å². The molecule has 2 saturated heterocycles.